The van der Waals surface area contributed by atoms with Crippen molar-refractivity contribution in [1.29, 1.82) is 0 Å². The second-order valence-electron chi connectivity index (χ2n) is 24.4. The second-order valence-corrected chi connectivity index (χ2v) is 41.6. The molecule has 0 radical (unpaired) electrons. The Morgan fingerprint density at radius 2 is 0.468 bits per heavy atom. The van der Waals surface area contributed by atoms with Gasteiger partial charge in [0.05, 0.1) is 26.4 Å². The third kappa shape index (κ3) is 41.2. The molecule has 4 saturated heterocycles. The largest absolute Gasteiger partial charge is 0.397 e. The Hall–Kier alpha value is -3.98. The van der Waals surface area contributed by atoms with Gasteiger partial charge in [0.2, 0.25) is 11.8 Å². The molecule has 2 aromatic rings. The van der Waals surface area contributed by atoms with E-state index in [4.69, 9.17) is 28.4 Å². The highest BCUT2D eigenvalue weighted by molar-refractivity contribution is 8.00. The molecule has 2 amide bonds. The first-order valence-corrected chi connectivity index (χ1v) is 52.9. The van der Waals surface area contributed by atoms with E-state index in [0.717, 1.165) is 48.5 Å². The van der Waals surface area contributed by atoms with Crippen molar-refractivity contribution in [2.24, 2.45) is 0 Å². The van der Waals surface area contributed by atoms with Gasteiger partial charge in [-0.05, 0) is 61.4 Å². The van der Waals surface area contributed by atoms with Crippen LogP contribution in [0.4, 0.5) is 11.4 Å². The van der Waals surface area contributed by atoms with Crippen molar-refractivity contribution in [3.8, 4) is 0 Å². The molecule has 4 aliphatic heterocycles. The van der Waals surface area contributed by atoms with Crippen molar-refractivity contribution < 1.29 is 278 Å². The Labute approximate surface area is 720 Å². The number of ether oxygens (including phenoxy) is 6. The van der Waals surface area contributed by atoms with Gasteiger partial charge in [-0.3, -0.25) is 73.3 Å². The number of anilines is 2. The zero-order chi connectivity index (χ0) is 95.7. The fraction of sp³-hybridized carbons (Fsp3) is 0.682. The second kappa shape index (κ2) is 43.6. The van der Waals surface area contributed by atoms with Crippen LogP contribution in [0.2, 0.25) is 0 Å². The Morgan fingerprint density at radius 1 is 0.262 bits per heavy atom. The number of hydrogen-bond donors (Lipinski definition) is 16. The normalized spacial score (nSPS) is 28.2. The molecule has 0 unspecified atom stereocenters. The van der Waals surface area contributed by atoms with Gasteiger partial charge in [-0.15, -0.1) is 0 Å². The number of unbranched alkanes of at least 4 members (excludes halogenated alkanes) is 3. The molecule has 0 bridgehead atoms. The smallest absolute Gasteiger partial charge is 0.356 e. The molecule has 6 rings (SSSR count). The van der Waals surface area contributed by atoms with Crippen LogP contribution in [0.15, 0.2) is 58.3 Å². The summed E-state index contributed by atoms with van der Waals surface area (Å²) in [6, 6.07) is 8.67. The third-order valence-electron chi connectivity index (χ3n) is 15.1. The van der Waals surface area contributed by atoms with E-state index < -0.39 is 305 Å². The van der Waals surface area contributed by atoms with Gasteiger partial charge >= 0.3 is 146 Å². The van der Waals surface area contributed by atoms with E-state index in [1.165, 1.54) is 0 Å². The van der Waals surface area contributed by atoms with Gasteiger partial charge in [0, 0.05) is 34.0 Å². The van der Waals surface area contributed by atoms with Gasteiger partial charge in [-0.25, -0.2) is 58.6 Å². The summed E-state index contributed by atoms with van der Waals surface area (Å²) in [5.41, 5.74) is -4.86. The highest BCUT2D eigenvalue weighted by atomic mass is 32.3. The molecule has 4 fully saturated rings. The minimum absolute atomic E-state index is 0.0482. The van der Waals surface area contributed by atoms with Crippen LogP contribution in [-0.2, 0) is 242 Å². The number of rotatable bonds is 49. The molecule has 2 aromatic carbocycles. The van der Waals surface area contributed by atoms with Crippen LogP contribution in [0.3, 0.4) is 0 Å². The van der Waals surface area contributed by atoms with Gasteiger partial charge in [0.15, 0.2) is 24.8 Å². The Kier molecular flexibility index (Phi) is 38.3. The van der Waals surface area contributed by atoms with E-state index >= 15 is 0 Å². The topological polar surface area (TPSA) is 1000 Å². The van der Waals surface area contributed by atoms with Crippen molar-refractivity contribution in [2.75, 3.05) is 37.1 Å². The lowest BCUT2D eigenvalue weighted by molar-refractivity contribution is -0.325. The summed E-state index contributed by atoms with van der Waals surface area (Å²) in [4.78, 5) is 25.7. The fourth-order valence-corrected chi connectivity index (χ4v) is 19.6. The summed E-state index contributed by atoms with van der Waals surface area (Å²) >= 11 is 0.317. The average Bonchev–Trinajstić information content (AvgIpc) is 0.758. The van der Waals surface area contributed by atoms with E-state index in [1.54, 1.807) is 0 Å². The van der Waals surface area contributed by atoms with E-state index in [9.17, 15) is 191 Å². The number of carbonyl (C=O) groups excluding carboxylic acids is 2. The first kappa shape index (κ1) is 111. The predicted molar refractivity (Wildman–Crippen MR) is 388 cm³/mol. The molecule has 16 N–H and O–H groups in total. The highest BCUT2D eigenvalue weighted by Gasteiger charge is 2.62. The number of nitrogens with one attached hydrogen (secondary N) is 2. The van der Waals surface area contributed by atoms with Crippen molar-refractivity contribution in [3.05, 3.63) is 48.5 Å². The first-order valence-electron chi connectivity index (χ1n) is 32.0. The predicted octanol–water partition coefficient (Wildman–Crippen LogP) is -6.38. The Bertz CT molecular complexity index is 5490. The lowest BCUT2D eigenvalue weighted by Gasteiger charge is -2.48. The molecule has 4 aliphatic rings. The zero-order valence-corrected chi connectivity index (χ0v) is 73.5. The highest BCUT2D eigenvalue weighted by Crippen LogP contribution is 2.44. The van der Waals surface area contributed by atoms with Crippen LogP contribution in [-0.4, -0.2) is 341 Å². The molecule has 0 aliphatic carbocycles. The van der Waals surface area contributed by atoms with Gasteiger partial charge in [0.25, 0.3) is 0 Å². The third-order valence-corrected chi connectivity index (χ3v) is 23.8. The van der Waals surface area contributed by atoms with Crippen LogP contribution < -0.4 is 10.6 Å². The zero-order valence-electron chi connectivity index (χ0n) is 60.4. The van der Waals surface area contributed by atoms with Gasteiger partial charge in [-0.2, -0.15) is 118 Å². The van der Waals surface area contributed by atoms with Crippen LogP contribution in [0.1, 0.15) is 38.5 Å². The Morgan fingerprint density at radius 3 is 0.698 bits per heavy atom. The summed E-state index contributed by atoms with van der Waals surface area (Å²) in [5.74, 6) is -1.39. The minimum Gasteiger partial charge on any atom is -0.356 e. The van der Waals surface area contributed by atoms with E-state index in [2.05, 4.69) is 69.2 Å². The average molecular weight is 2160 g/mol. The number of carbonyl (C=O) groups is 2. The van der Waals surface area contributed by atoms with E-state index in [1.807, 2.05) is 0 Å². The van der Waals surface area contributed by atoms with Gasteiger partial charge in [0.1, 0.15) is 96.3 Å². The molecule has 730 valence electrons. The van der Waals surface area contributed by atoms with Gasteiger partial charge in [-0.1, -0.05) is 36.4 Å². The summed E-state index contributed by atoms with van der Waals surface area (Å²) in [7, 11) is -85.0. The quantitative estimate of drug-likeness (QED) is 0.0216. The molecule has 0 aromatic heterocycles. The molecular weight excluding hydrogens is 2090 g/mol. The van der Waals surface area contributed by atoms with E-state index in [0.29, 0.717) is 0 Å². The van der Waals surface area contributed by atoms with Crippen LogP contribution in [0.25, 0.3) is 0 Å². The van der Waals surface area contributed by atoms with Crippen molar-refractivity contribution in [1.82, 2.24) is 0 Å². The standard InChI is InChI=1S/C44H64N2O64S16/c47-27(45-19-7-11-21(12-8-19)111-43-39(109-125(85,86)87)33(103-119(67,68)69)29(23(97-43)15-91-113(49,50)51)99-41-37(107-123(79,80)81)35(105-121(73,74)75)31(101-117(61,62)63)25(95-41)17-93-115(55,56)57)5-3-1-2-4-6-28(48)46-20-9-13-22(14-10-20)112-44-40(110-126(88,89)90)34(104-120(70,71)72)30(24(98-44)16-92-114(52,53)54)100-42-38(108-124(82,83)84)36(106-122(76,77)78)32(102-118(64,65)66)26(96-42)18-94-116(58,59)60/h7-14,23-26,29-44H,1-6,15-18H2,(H,45,47)(H,46,48)(H,49,50,51)(H,52,53,54)(H,55,56,57)(H,58,59,60)(H,61,62,63)(H,64,65,66)(H,67,68,69)(H,70,71,72)(H,73,74,75)(H,76,77,78)(H,79,80,81)(H,82,83,84)(H,85,86,87)(H,88,89,90)/t23-,24-,25-,26-,29-,30-,31-,32-,33+,34+,35+,36+,37-,38-,39-,40-,41-,42-,43+,44+/m1/s1. The number of hydrogen-bond acceptors (Lipinski definition) is 52. The lowest BCUT2D eigenvalue weighted by atomic mass is 9.97. The SMILES string of the molecule is O=C(CCCCCCC(=O)Nc1ccc(S[C@@H]2O[C@H](COS(=O)(=O)O)[C@@H](O[C@H]3O[C@H](COS(=O)(=O)O)[C@@H](OS(=O)(=O)O)[C@H](OS(=O)(=O)O)[C@H]3OS(=O)(=O)O)[C@H](OS(=O)(=O)O)[C@H]2OS(=O)(=O)O)cc1)Nc1ccc(S[C@@H]2O[C@H](COS(=O)(=O)O)[C@@H](O[C@H]3O[C@H](COS(=O)(=O)O)[C@@H](OS(=O)(=O)O)[C@H](OS(=O)(=O)O)[C@H]3OS(=O)(=O)O)[C@H](OS(=O)(=O)O)[C@H]2OS(=O)(=O)O)cc1. The summed E-state index contributed by atoms with van der Waals surface area (Å²) in [6.45, 7) is -7.52. The van der Waals surface area contributed by atoms with E-state index in [-0.39, 0.29) is 83.2 Å². The molecule has 82 heteroatoms. The molecule has 66 nitrogen and oxygen atoms in total. The lowest BCUT2D eigenvalue weighted by Crippen LogP contribution is -2.66. The Balaban J connectivity index is 1.16. The van der Waals surface area contributed by atoms with Crippen LogP contribution >= 0.6 is 23.5 Å². The monoisotopic (exact) mass is 2160 g/mol. The molecule has 4 heterocycles. The molecule has 0 saturated carbocycles. The maximum Gasteiger partial charge on any atom is 0.397 e. The maximum atomic E-state index is 13.1. The summed E-state index contributed by atoms with van der Waals surface area (Å²) in [6.07, 6.45) is -55.8. The minimum atomic E-state index is -6.27. The number of thioether (sulfide) groups is 2. The van der Waals surface area contributed by atoms with Crippen molar-refractivity contribution >= 4 is 192 Å². The fourth-order valence-electron chi connectivity index (χ4n) is 11.1. The summed E-state index contributed by atoms with van der Waals surface area (Å²) in [5, 5.41) is 4.94. The number of amides is 2. The molecule has 126 heavy (non-hydrogen) atoms. The maximum absolute atomic E-state index is 13.1. The first-order chi connectivity index (χ1) is 56.9. The summed E-state index contributed by atoms with van der Waals surface area (Å²) < 4.78 is 568. The molecule has 0 spiro atoms. The van der Waals surface area contributed by atoms with Crippen LogP contribution in [0.5, 0.6) is 0 Å². The van der Waals surface area contributed by atoms with Crippen LogP contribution in [0, 0.1) is 0 Å². The van der Waals surface area contributed by atoms with Gasteiger partial charge < -0.3 is 39.1 Å². The van der Waals surface area contributed by atoms with Crippen molar-refractivity contribution in [2.45, 2.75) is 169 Å². The molecular formula is C44H64N2O64S16. The number of benzene rings is 2. The van der Waals surface area contributed by atoms with Crippen molar-refractivity contribution in [3.63, 3.8) is 0 Å². The molecule has 20 atom stereocenters.